The molecule has 1 fully saturated rings. The van der Waals surface area contributed by atoms with Crippen molar-refractivity contribution in [3.8, 4) is 5.75 Å². The molecule has 0 aliphatic carbocycles. The Labute approximate surface area is 126 Å². The van der Waals surface area contributed by atoms with E-state index in [0.29, 0.717) is 9.90 Å². The van der Waals surface area contributed by atoms with Gasteiger partial charge in [0.1, 0.15) is 10.6 Å². The van der Waals surface area contributed by atoms with Gasteiger partial charge in [-0.2, -0.15) is 0 Å². The first-order chi connectivity index (χ1) is 9.70. The number of amides is 1. The lowest BCUT2D eigenvalue weighted by Gasteiger charge is -2.27. The zero-order valence-electron chi connectivity index (χ0n) is 11.1. The number of hydrogen-bond donors (Lipinski definition) is 1. The topological polar surface area (TPSA) is 41.6 Å². The van der Waals surface area contributed by atoms with Gasteiger partial charge in [0.15, 0.2) is 0 Å². The van der Waals surface area contributed by atoms with Crippen LogP contribution in [0.3, 0.4) is 0 Å². The second-order valence-electron chi connectivity index (χ2n) is 4.65. The van der Waals surface area contributed by atoms with Gasteiger partial charge in [-0.3, -0.25) is 4.79 Å². The Balaban J connectivity index is 1.98. The number of nitrogens with zero attached hydrogens (tertiary/aromatic N) is 1. The summed E-state index contributed by atoms with van der Waals surface area (Å²) in [5.74, 6) is 0.773. The molecule has 1 aliphatic heterocycles. The SMILES string of the molecule is COc1ccc2sc(C(=O)N3CCNCC3)c(Cl)c2c1. The predicted molar refractivity (Wildman–Crippen MR) is 82.2 cm³/mol. The van der Waals surface area contributed by atoms with Crippen LogP contribution in [0.1, 0.15) is 9.67 Å². The van der Waals surface area contributed by atoms with Crippen LogP contribution in [-0.2, 0) is 0 Å². The fourth-order valence-corrected chi connectivity index (χ4v) is 3.77. The average Bonchev–Trinajstić information content (AvgIpc) is 2.84. The van der Waals surface area contributed by atoms with Gasteiger partial charge in [-0.15, -0.1) is 11.3 Å². The largest absolute Gasteiger partial charge is 0.497 e. The minimum absolute atomic E-state index is 0.0247. The minimum Gasteiger partial charge on any atom is -0.497 e. The molecule has 0 atom stereocenters. The molecule has 1 saturated heterocycles. The van der Waals surface area contributed by atoms with Gasteiger partial charge in [-0.25, -0.2) is 0 Å². The highest BCUT2D eigenvalue weighted by molar-refractivity contribution is 7.21. The van der Waals surface area contributed by atoms with Crippen LogP contribution in [0.25, 0.3) is 10.1 Å². The number of carbonyl (C=O) groups excluding carboxylic acids is 1. The Kier molecular flexibility index (Phi) is 3.83. The molecule has 0 spiro atoms. The summed E-state index contributed by atoms with van der Waals surface area (Å²) in [5, 5.41) is 4.66. The summed E-state index contributed by atoms with van der Waals surface area (Å²) in [6.45, 7) is 3.13. The molecule has 0 saturated carbocycles. The second kappa shape index (κ2) is 5.60. The molecular weight excluding hydrogens is 296 g/mol. The molecule has 1 amide bonds. The van der Waals surface area contributed by atoms with Gasteiger partial charge < -0.3 is 15.0 Å². The van der Waals surface area contributed by atoms with Crippen LogP contribution in [0.15, 0.2) is 18.2 Å². The van der Waals surface area contributed by atoms with Crippen LogP contribution < -0.4 is 10.1 Å². The molecule has 3 rings (SSSR count). The number of rotatable bonds is 2. The summed E-state index contributed by atoms with van der Waals surface area (Å²) in [5.41, 5.74) is 0. The van der Waals surface area contributed by atoms with Gasteiger partial charge >= 0.3 is 0 Å². The highest BCUT2D eigenvalue weighted by atomic mass is 35.5. The zero-order valence-corrected chi connectivity index (χ0v) is 12.7. The fourth-order valence-electron chi connectivity index (χ4n) is 2.32. The Bertz CT molecular complexity index is 650. The van der Waals surface area contributed by atoms with Gasteiger partial charge in [-0.05, 0) is 18.2 Å². The van der Waals surface area contributed by atoms with Gasteiger partial charge in [0.2, 0.25) is 0 Å². The van der Waals surface area contributed by atoms with Crippen molar-refractivity contribution in [2.24, 2.45) is 0 Å². The number of benzene rings is 1. The standard InChI is InChI=1S/C14H15ClN2O2S/c1-19-9-2-3-11-10(8-9)12(15)13(20-11)14(18)17-6-4-16-5-7-17/h2-3,8,16H,4-7H2,1H3. The number of thiophene rings is 1. The summed E-state index contributed by atoms with van der Waals surface area (Å²) in [7, 11) is 1.62. The number of carbonyl (C=O) groups is 1. The normalized spacial score (nSPS) is 15.6. The van der Waals surface area contributed by atoms with Crippen LogP contribution in [-0.4, -0.2) is 44.1 Å². The molecule has 2 aromatic rings. The maximum atomic E-state index is 12.5. The molecule has 6 heteroatoms. The summed E-state index contributed by atoms with van der Waals surface area (Å²) < 4.78 is 6.21. The van der Waals surface area contributed by atoms with Gasteiger partial charge in [0.05, 0.1) is 12.1 Å². The van der Waals surface area contributed by atoms with Crippen molar-refractivity contribution in [3.63, 3.8) is 0 Å². The summed E-state index contributed by atoms with van der Waals surface area (Å²) >= 11 is 7.84. The molecule has 1 aliphatic rings. The van der Waals surface area contributed by atoms with E-state index in [1.54, 1.807) is 7.11 Å². The number of halogens is 1. The number of nitrogens with one attached hydrogen (secondary N) is 1. The molecule has 1 aromatic heterocycles. The average molecular weight is 311 g/mol. The van der Waals surface area contributed by atoms with E-state index in [4.69, 9.17) is 16.3 Å². The van der Waals surface area contributed by atoms with E-state index in [1.807, 2.05) is 23.1 Å². The molecule has 106 valence electrons. The smallest absolute Gasteiger partial charge is 0.265 e. The molecule has 1 aromatic carbocycles. The molecule has 0 bridgehead atoms. The van der Waals surface area contributed by atoms with E-state index in [2.05, 4.69) is 5.32 Å². The first-order valence-corrected chi connectivity index (χ1v) is 7.66. The van der Waals surface area contributed by atoms with Crippen molar-refractivity contribution in [2.45, 2.75) is 0 Å². The molecule has 4 nitrogen and oxygen atoms in total. The van der Waals surface area contributed by atoms with Crippen LogP contribution in [0.2, 0.25) is 5.02 Å². The predicted octanol–water partition coefficient (Wildman–Crippen LogP) is 2.61. The summed E-state index contributed by atoms with van der Waals surface area (Å²) in [6, 6.07) is 5.70. The Morgan fingerprint density at radius 3 is 2.85 bits per heavy atom. The molecule has 2 heterocycles. The summed E-state index contributed by atoms with van der Waals surface area (Å²) in [6.07, 6.45) is 0. The van der Waals surface area contributed by atoms with Gasteiger partial charge in [-0.1, -0.05) is 11.6 Å². The first kappa shape index (κ1) is 13.7. The van der Waals surface area contributed by atoms with Crippen molar-refractivity contribution in [1.29, 1.82) is 0 Å². The number of fused-ring (bicyclic) bond motifs is 1. The van der Waals surface area contributed by atoms with E-state index in [0.717, 1.165) is 42.0 Å². The fraction of sp³-hybridized carbons (Fsp3) is 0.357. The van der Waals surface area contributed by atoms with E-state index < -0.39 is 0 Å². The lowest BCUT2D eigenvalue weighted by Crippen LogP contribution is -2.46. The van der Waals surface area contributed by atoms with E-state index >= 15 is 0 Å². The minimum atomic E-state index is 0.0247. The number of methoxy groups -OCH3 is 1. The number of ether oxygens (including phenoxy) is 1. The van der Waals surface area contributed by atoms with E-state index in [1.165, 1.54) is 11.3 Å². The second-order valence-corrected chi connectivity index (χ2v) is 6.08. The monoisotopic (exact) mass is 310 g/mol. The first-order valence-electron chi connectivity index (χ1n) is 6.46. The van der Waals surface area contributed by atoms with Crippen molar-refractivity contribution < 1.29 is 9.53 Å². The van der Waals surface area contributed by atoms with Crippen LogP contribution in [0.5, 0.6) is 5.75 Å². The Morgan fingerprint density at radius 2 is 2.15 bits per heavy atom. The number of hydrogen-bond acceptors (Lipinski definition) is 4. The van der Waals surface area contributed by atoms with Crippen molar-refractivity contribution in [2.75, 3.05) is 33.3 Å². The highest BCUT2D eigenvalue weighted by Gasteiger charge is 2.23. The van der Waals surface area contributed by atoms with E-state index in [-0.39, 0.29) is 5.91 Å². The third-order valence-corrected chi connectivity index (χ3v) is 5.10. The quantitative estimate of drug-likeness (QED) is 0.927. The van der Waals surface area contributed by atoms with Crippen LogP contribution >= 0.6 is 22.9 Å². The number of piperazine rings is 1. The van der Waals surface area contributed by atoms with Crippen molar-refractivity contribution >= 4 is 38.9 Å². The van der Waals surface area contributed by atoms with Crippen molar-refractivity contribution in [1.82, 2.24) is 10.2 Å². The maximum absolute atomic E-state index is 12.5. The molecule has 1 N–H and O–H groups in total. The highest BCUT2D eigenvalue weighted by Crippen LogP contribution is 2.37. The van der Waals surface area contributed by atoms with E-state index in [9.17, 15) is 4.79 Å². The van der Waals surface area contributed by atoms with Gasteiger partial charge in [0, 0.05) is 36.3 Å². The molecule has 20 heavy (non-hydrogen) atoms. The lowest BCUT2D eigenvalue weighted by atomic mass is 10.2. The molecule has 0 unspecified atom stereocenters. The third-order valence-electron chi connectivity index (χ3n) is 3.43. The maximum Gasteiger partial charge on any atom is 0.265 e. The lowest BCUT2D eigenvalue weighted by molar-refractivity contribution is 0.0741. The molecular formula is C14H15ClN2O2S. The van der Waals surface area contributed by atoms with Crippen molar-refractivity contribution in [3.05, 3.63) is 28.1 Å². The Hall–Kier alpha value is -1.30. The zero-order chi connectivity index (χ0) is 14.1. The third kappa shape index (κ3) is 2.37. The van der Waals surface area contributed by atoms with Gasteiger partial charge in [0.25, 0.3) is 5.91 Å². The van der Waals surface area contributed by atoms with Crippen LogP contribution in [0.4, 0.5) is 0 Å². The van der Waals surface area contributed by atoms with Crippen LogP contribution in [0, 0.1) is 0 Å². The summed E-state index contributed by atoms with van der Waals surface area (Å²) in [4.78, 5) is 15.0. The molecule has 0 radical (unpaired) electrons. The Morgan fingerprint density at radius 1 is 1.40 bits per heavy atom.